The molecule has 20 heavy (non-hydrogen) atoms. The van der Waals surface area contributed by atoms with Gasteiger partial charge >= 0.3 is 0 Å². The van der Waals surface area contributed by atoms with E-state index in [1.54, 1.807) is 0 Å². The molecule has 1 N–H and O–H groups in total. The zero-order chi connectivity index (χ0) is 14.5. The summed E-state index contributed by atoms with van der Waals surface area (Å²) >= 11 is 11.2. The van der Waals surface area contributed by atoms with Gasteiger partial charge in [0, 0.05) is 8.95 Å². The van der Waals surface area contributed by atoms with E-state index in [2.05, 4.69) is 49.8 Å². The highest BCUT2D eigenvalue weighted by atomic mass is 79.9. The molecule has 5 heteroatoms. The van der Waals surface area contributed by atoms with Gasteiger partial charge in [0.2, 0.25) is 5.91 Å². The molecule has 0 aliphatic rings. The minimum absolute atomic E-state index is 0.121. The van der Waals surface area contributed by atoms with Gasteiger partial charge in [0.15, 0.2) is 0 Å². The fourth-order valence-corrected chi connectivity index (χ4v) is 3.23. The Labute approximate surface area is 140 Å². The van der Waals surface area contributed by atoms with E-state index in [0.717, 1.165) is 20.2 Å². The van der Waals surface area contributed by atoms with E-state index in [0.29, 0.717) is 6.42 Å². The number of para-hydroxylation sites is 1. The van der Waals surface area contributed by atoms with Crippen LogP contribution < -0.4 is 5.32 Å². The van der Waals surface area contributed by atoms with E-state index in [1.807, 2.05) is 48.5 Å². The lowest BCUT2D eigenvalue weighted by Crippen LogP contribution is -2.25. The van der Waals surface area contributed by atoms with Crippen LogP contribution in [0, 0.1) is 0 Å². The molecule has 0 aliphatic carbocycles. The van der Waals surface area contributed by atoms with Crippen LogP contribution in [0.3, 0.4) is 0 Å². The van der Waals surface area contributed by atoms with Gasteiger partial charge < -0.3 is 5.32 Å². The number of benzene rings is 2. The second-order valence-electron chi connectivity index (χ2n) is 4.29. The minimum Gasteiger partial charge on any atom is -0.323 e. The molecule has 0 fully saturated rings. The smallest absolute Gasteiger partial charge is 0.237 e. The Morgan fingerprint density at radius 3 is 2.25 bits per heavy atom. The average molecular weight is 415 g/mol. The predicted molar refractivity (Wildman–Crippen MR) is 93.4 cm³/mol. The van der Waals surface area contributed by atoms with Gasteiger partial charge in [-0.15, -0.1) is 0 Å². The van der Waals surface area contributed by atoms with E-state index in [1.165, 1.54) is 0 Å². The summed E-state index contributed by atoms with van der Waals surface area (Å²) in [6, 6.07) is 15.5. The summed E-state index contributed by atoms with van der Waals surface area (Å²) in [4.78, 5) is 12.2. The standard InChI is InChI=1S/C15H13Br2NOS/c16-11-7-4-8-12(17)14(11)18-15(19)13(20)9-10-5-2-1-3-6-10/h1-8,13,20H,9H2,(H,18,19). The number of amides is 1. The molecule has 0 aromatic heterocycles. The van der Waals surface area contributed by atoms with Crippen LogP contribution in [0.25, 0.3) is 0 Å². The van der Waals surface area contributed by atoms with E-state index in [4.69, 9.17) is 0 Å². The number of hydrogen-bond acceptors (Lipinski definition) is 2. The van der Waals surface area contributed by atoms with Crippen molar-refractivity contribution in [2.45, 2.75) is 11.7 Å². The Bertz CT molecular complexity index is 584. The van der Waals surface area contributed by atoms with Crippen LogP contribution in [0.2, 0.25) is 0 Å². The molecule has 0 radical (unpaired) electrons. The molecule has 0 saturated carbocycles. The first-order valence-corrected chi connectivity index (χ1v) is 8.15. The third kappa shape index (κ3) is 4.11. The number of halogens is 2. The van der Waals surface area contributed by atoms with Crippen molar-refractivity contribution in [3.05, 3.63) is 63.0 Å². The van der Waals surface area contributed by atoms with Gasteiger partial charge in [-0.1, -0.05) is 36.4 Å². The zero-order valence-corrected chi connectivity index (χ0v) is 14.6. The highest BCUT2D eigenvalue weighted by Crippen LogP contribution is 2.30. The molecule has 1 amide bonds. The SMILES string of the molecule is O=C(Nc1c(Br)cccc1Br)C(S)Cc1ccccc1. The van der Waals surface area contributed by atoms with E-state index < -0.39 is 5.25 Å². The predicted octanol–water partition coefficient (Wildman–Crippen LogP) is 4.69. The van der Waals surface area contributed by atoms with Crippen LogP contribution in [0.1, 0.15) is 5.56 Å². The third-order valence-electron chi connectivity index (χ3n) is 2.79. The van der Waals surface area contributed by atoms with Crippen LogP contribution in [-0.2, 0) is 11.2 Å². The highest BCUT2D eigenvalue weighted by Gasteiger charge is 2.16. The van der Waals surface area contributed by atoms with Crippen LogP contribution in [-0.4, -0.2) is 11.2 Å². The molecule has 2 aromatic carbocycles. The van der Waals surface area contributed by atoms with Crippen LogP contribution in [0.5, 0.6) is 0 Å². The second-order valence-corrected chi connectivity index (χ2v) is 6.62. The molecule has 0 spiro atoms. The minimum atomic E-state index is -0.392. The molecule has 0 bridgehead atoms. The van der Waals surface area contributed by atoms with Crippen LogP contribution >= 0.6 is 44.5 Å². The lowest BCUT2D eigenvalue weighted by Gasteiger charge is -2.14. The number of hydrogen-bond donors (Lipinski definition) is 2. The Morgan fingerprint density at radius 1 is 1.05 bits per heavy atom. The lowest BCUT2D eigenvalue weighted by molar-refractivity contribution is -0.115. The van der Waals surface area contributed by atoms with Crippen molar-refractivity contribution in [2.75, 3.05) is 5.32 Å². The van der Waals surface area contributed by atoms with E-state index in [9.17, 15) is 4.79 Å². The summed E-state index contributed by atoms with van der Waals surface area (Å²) < 4.78 is 1.67. The van der Waals surface area contributed by atoms with E-state index in [-0.39, 0.29) is 5.91 Å². The molecule has 2 rings (SSSR count). The largest absolute Gasteiger partial charge is 0.323 e. The fraction of sp³-hybridized carbons (Fsp3) is 0.133. The van der Waals surface area contributed by atoms with Crippen molar-refractivity contribution in [3.8, 4) is 0 Å². The second kappa shape index (κ2) is 7.29. The number of rotatable bonds is 4. The highest BCUT2D eigenvalue weighted by molar-refractivity contribution is 9.11. The fourth-order valence-electron chi connectivity index (χ4n) is 1.75. The van der Waals surface area contributed by atoms with Gasteiger partial charge in [-0.25, -0.2) is 0 Å². The summed E-state index contributed by atoms with van der Waals surface area (Å²) in [6.45, 7) is 0. The van der Waals surface area contributed by atoms with Crippen molar-refractivity contribution in [1.82, 2.24) is 0 Å². The first-order valence-electron chi connectivity index (χ1n) is 6.05. The molecule has 0 heterocycles. The monoisotopic (exact) mass is 413 g/mol. The first-order chi connectivity index (χ1) is 9.58. The normalized spacial score (nSPS) is 11.9. The van der Waals surface area contributed by atoms with Gasteiger partial charge in [-0.05, 0) is 56.0 Å². The Hall–Kier alpha value is -0.780. The number of nitrogens with one attached hydrogen (secondary N) is 1. The number of carbonyl (C=O) groups excluding carboxylic acids is 1. The molecule has 2 aromatic rings. The summed E-state index contributed by atoms with van der Waals surface area (Å²) in [7, 11) is 0. The first kappa shape index (κ1) is 15.6. The maximum absolute atomic E-state index is 12.2. The van der Waals surface area contributed by atoms with Gasteiger partial charge in [0.05, 0.1) is 10.9 Å². The molecular weight excluding hydrogens is 402 g/mol. The van der Waals surface area contributed by atoms with Gasteiger partial charge in [-0.2, -0.15) is 12.6 Å². The van der Waals surface area contributed by atoms with Crippen molar-refractivity contribution >= 4 is 56.1 Å². The average Bonchev–Trinajstić information content (AvgIpc) is 2.44. The molecule has 0 aliphatic heterocycles. The zero-order valence-electron chi connectivity index (χ0n) is 10.5. The number of anilines is 1. The Morgan fingerprint density at radius 2 is 1.65 bits per heavy atom. The molecular formula is C15H13Br2NOS. The van der Waals surface area contributed by atoms with Crippen molar-refractivity contribution in [3.63, 3.8) is 0 Å². The topological polar surface area (TPSA) is 29.1 Å². The van der Waals surface area contributed by atoms with Crippen molar-refractivity contribution in [1.29, 1.82) is 0 Å². The van der Waals surface area contributed by atoms with Crippen LogP contribution in [0.15, 0.2) is 57.5 Å². The summed E-state index contributed by atoms with van der Waals surface area (Å²) in [5, 5.41) is 2.50. The third-order valence-corrected chi connectivity index (χ3v) is 4.52. The molecule has 104 valence electrons. The molecule has 0 saturated heterocycles. The number of thiol groups is 1. The summed E-state index contributed by atoms with van der Waals surface area (Å²) in [5.41, 5.74) is 1.82. The Kier molecular flexibility index (Phi) is 5.69. The van der Waals surface area contributed by atoms with E-state index >= 15 is 0 Å². The molecule has 1 unspecified atom stereocenters. The summed E-state index contributed by atoms with van der Waals surface area (Å²) in [6.07, 6.45) is 0.595. The lowest BCUT2D eigenvalue weighted by atomic mass is 10.1. The number of carbonyl (C=O) groups is 1. The quantitative estimate of drug-likeness (QED) is 0.698. The maximum atomic E-state index is 12.2. The molecule has 2 nitrogen and oxygen atoms in total. The molecule has 1 atom stereocenters. The van der Waals surface area contributed by atoms with Gasteiger partial charge in [0.25, 0.3) is 0 Å². The van der Waals surface area contributed by atoms with Gasteiger partial charge in [-0.3, -0.25) is 4.79 Å². The van der Waals surface area contributed by atoms with Crippen LogP contribution in [0.4, 0.5) is 5.69 Å². The Balaban J connectivity index is 2.05. The summed E-state index contributed by atoms with van der Waals surface area (Å²) in [5.74, 6) is -0.121. The maximum Gasteiger partial charge on any atom is 0.237 e. The van der Waals surface area contributed by atoms with Crippen molar-refractivity contribution in [2.24, 2.45) is 0 Å². The van der Waals surface area contributed by atoms with Crippen molar-refractivity contribution < 1.29 is 4.79 Å². The van der Waals surface area contributed by atoms with Gasteiger partial charge in [0.1, 0.15) is 0 Å².